The van der Waals surface area contributed by atoms with Crippen molar-refractivity contribution in [3.63, 3.8) is 0 Å². The van der Waals surface area contributed by atoms with Gasteiger partial charge >= 0.3 is 11.9 Å². The molecule has 0 amide bonds. The number of rotatable bonds is 5. The van der Waals surface area contributed by atoms with E-state index in [2.05, 4.69) is 16.8 Å². The summed E-state index contributed by atoms with van der Waals surface area (Å²) < 4.78 is 9.85. The van der Waals surface area contributed by atoms with Gasteiger partial charge in [-0.1, -0.05) is 12.1 Å². The summed E-state index contributed by atoms with van der Waals surface area (Å²) in [6.07, 6.45) is 6.69. The third kappa shape index (κ3) is 4.97. The van der Waals surface area contributed by atoms with E-state index in [9.17, 15) is 9.59 Å². The van der Waals surface area contributed by atoms with E-state index in [4.69, 9.17) is 14.5 Å². The van der Waals surface area contributed by atoms with Crippen molar-refractivity contribution < 1.29 is 19.1 Å². The molecule has 0 bridgehead atoms. The quantitative estimate of drug-likeness (QED) is 0.646. The maximum absolute atomic E-state index is 12.6. The lowest BCUT2D eigenvalue weighted by Crippen LogP contribution is -2.43. The fraction of sp³-hybridized carbons (Fsp3) is 0.320. The SMILES string of the molecule is COC(=O)C1=C(C(=O)OC)N(c2ccc3nc(CN4CCN(C)CC4)ccc3c2)C=CC=C1. The molecule has 33 heavy (non-hydrogen) atoms. The molecule has 0 radical (unpaired) electrons. The summed E-state index contributed by atoms with van der Waals surface area (Å²) in [5.41, 5.74) is 2.82. The van der Waals surface area contributed by atoms with E-state index in [1.54, 1.807) is 29.3 Å². The van der Waals surface area contributed by atoms with Crippen molar-refractivity contribution in [1.29, 1.82) is 0 Å². The number of esters is 2. The molecule has 1 aromatic heterocycles. The van der Waals surface area contributed by atoms with Gasteiger partial charge in [0.2, 0.25) is 0 Å². The lowest BCUT2D eigenvalue weighted by Gasteiger charge is -2.32. The second kappa shape index (κ2) is 9.97. The number of hydrogen-bond donors (Lipinski definition) is 0. The van der Waals surface area contributed by atoms with E-state index in [0.717, 1.165) is 49.3 Å². The minimum absolute atomic E-state index is 0.0911. The van der Waals surface area contributed by atoms with Crippen molar-refractivity contribution in [2.45, 2.75) is 6.54 Å². The second-order valence-electron chi connectivity index (χ2n) is 8.08. The summed E-state index contributed by atoms with van der Waals surface area (Å²) in [4.78, 5) is 36.2. The second-order valence-corrected chi connectivity index (χ2v) is 8.08. The Morgan fingerprint density at radius 2 is 1.73 bits per heavy atom. The number of pyridine rings is 1. The number of ether oxygens (including phenoxy) is 2. The molecule has 2 aliphatic heterocycles. The number of nitrogens with zero attached hydrogens (tertiary/aromatic N) is 4. The third-order valence-electron chi connectivity index (χ3n) is 5.88. The van der Waals surface area contributed by atoms with Crippen molar-refractivity contribution in [2.24, 2.45) is 0 Å². The number of aromatic nitrogens is 1. The number of fused-ring (bicyclic) bond motifs is 1. The van der Waals surface area contributed by atoms with Crippen LogP contribution in [0.5, 0.6) is 0 Å². The molecule has 2 aromatic rings. The Hall–Kier alpha value is -3.49. The average Bonchev–Trinajstić information content (AvgIpc) is 3.07. The highest BCUT2D eigenvalue weighted by Gasteiger charge is 2.27. The van der Waals surface area contributed by atoms with Gasteiger partial charge in [0.1, 0.15) is 5.70 Å². The van der Waals surface area contributed by atoms with Crippen LogP contribution in [0.1, 0.15) is 5.69 Å². The first kappa shape index (κ1) is 22.7. The van der Waals surface area contributed by atoms with Crippen molar-refractivity contribution in [3.8, 4) is 0 Å². The molecule has 0 atom stereocenters. The van der Waals surface area contributed by atoms with Gasteiger partial charge in [0.05, 0.1) is 31.0 Å². The predicted octanol–water partition coefficient (Wildman–Crippen LogP) is 2.47. The fourth-order valence-electron chi connectivity index (χ4n) is 3.99. The van der Waals surface area contributed by atoms with Gasteiger partial charge < -0.3 is 19.3 Å². The van der Waals surface area contributed by atoms with Crippen molar-refractivity contribution in [2.75, 3.05) is 52.3 Å². The maximum Gasteiger partial charge on any atom is 0.355 e. The van der Waals surface area contributed by atoms with Crippen LogP contribution >= 0.6 is 0 Å². The summed E-state index contributed by atoms with van der Waals surface area (Å²) in [7, 11) is 4.71. The van der Waals surface area contributed by atoms with Crippen LogP contribution in [0.15, 0.2) is 66.0 Å². The number of carbonyl (C=O) groups excluding carboxylic acids is 2. The molecular weight excluding hydrogens is 420 g/mol. The summed E-state index contributed by atoms with van der Waals surface area (Å²) in [5, 5.41) is 0.934. The molecule has 0 spiro atoms. The third-order valence-corrected chi connectivity index (χ3v) is 5.88. The Kier molecular flexibility index (Phi) is 6.86. The molecule has 0 aliphatic carbocycles. The molecule has 1 saturated heterocycles. The number of piperazine rings is 1. The maximum atomic E-state index is 12.6. The first-order valence-corrected chi connectivity index (χ1v) is 10.9. The van der Waals surface area contributed by atoms with Crippen LogP contribution in [0.3, 0.4) is 0 Å². The highest BCUT2D eigenvalue weighted by molar-refractivity contribution is 6.05. The van der Waals surface area contributed by atoms with Crippen molar-refractivity contribution in [1.82, 2.24) is 14.8 Å². The zero-order valence-corrected chi connectivity index (χ0v) is 19.2. The summed E-state index contributed by atoms with van der Waals surface area (Å²) in [6.45, 7) is 5.03. The van der Waals surface area contributed by atoms with Gasteiger partial charge in [-0.3, -0.25) is 9.88 Å². The smallest absolute Gasteiger partial charge is 0.355 e. The molecule has 3 heterocycles. The van der Waals surface area contributed by atoms with Gasteiger partial charge in [-0.15, -0.1) is 0 Å². The zero-order valence-electron chi connectivity index (χ0n) is 19.2. The van der Waals surface area contributed by atoms with Crippen LogP contribution in [-0.4, -0.2) is 74.2 Å². The van der Waals surface area contributed by atoms with Crippen LogP contribution in [0, 0.1) is 0 Å². The first-order chi connectivity index (χ1) is 16.0. The Bertz CT molecular complexity index is 1150. The molecular formula is C25H28N4O4. The molecule has 0 N–H and O–H groups in total. The number of hydrogen-bond acceptors (Lipinski definition) is 8. The molecule has 1 aromatic carbocycles. The zero-order chi connectivity index (χ0) is 23.4. The summed E-state index contributed by atoms with van der Waals surface area (Å²) in [6, 6.07) is 9.83. The van der Waals surface area contributed by atoms with Gasteiger partial charge in [-0.2, -0.15) is 0 Å². The minimum Gasteiger partial charge on any atom is -0.465 e. The van der Waals surface area contributed by atoms with Crippen molar-refractivity contribution >= 4 is 28.5 Å². The number of benzene rings is 1. The number of likely N-dealkylation sites (N-methyl/N-ethyl adjacent to an activating group) is 1. The van der Waals surface area contributed by atoms with Gasteiger partial charge in [0.25, 0.3) is 0 Å². The first-order valence-electron chi connectivity index (χ1n) is 10.9. The Labute approximate surface area is 193 Å². The van der Waals surface area contributed by atoms with Crippen LogP contribution in [0.4, 0.5) is 5.69 Å². The Morgan fingerprint density at radius 1 is 0.970 bits per heavy atom. The topological polar surface area (TPSA) is 75.2 Å². The monoisotopic (exact) mass is 448 g/mol. The largest absolute Gasteiger partial charge is 0.465 e. The van der Waals surface area contributed by atoms with Gasteiger partial charge in [-0.05, 0) is 43.5 Å². The molecule has 172 valence electrons. The van der Waals surface area contributed by atoms with Gasteiger partial charge in [-0.25, -0.2) is 9.59 Å². The van der Waals surface area contributed by atoms with E-state index >= 15 is 0 Å². The van der Waals surface area contributed by atoms with Crippen molar-refractivity contribution in [3.05, 3.63) is 71.7 Å². The van der Waals surface area contributed by atoms with Crippen LogP contribution in [0.25, 0.3) is 10.9 Å². The molecule has 8 heteroatoms. The van der Waals surface area contributed by atoms with E-state index in [0.29, 0.717) is 5.69 Å². The highest BCUT2D eigenvalue weighted by atomic mass is 16.5. The number of carbonyl (C=O) groups is 2. The van der Waals surface area contributed by atoms with Crippen LogP contribution < -0.4 is 4.90 Å². The molecule has 8 nitrogen and oxygen atoms in total. The van der Waals surface area contributed by atoms with Crippen LogP contribution in [0.2, 0.25) is 0 Å². The van der Waals surface area contributed by atoms with Crippen LogP contribution in [-0.2, 0) is 25.6 Å². The standard InChI is InChI=1S/C25H28N4O4/c1-27-12-14-28(15-13-27)17-19-8-7-18-16-20(9-10-22(18)26-19)29-11-5-4-6-21(24(30)32-2)23(29)25(31)33-3/h4-11,16H,12-15,17H2,1-3H3. The summed E-state index contributed by atoms with van der Waals surface area (Å²) in [5.74, 6) is -1.25. The molecule has 0 saturated carbocycles. The molecule has 2 aliphatic rings. The van der Waals surface area contributed by atoms with Gasteiger partial charge in [0.15, 0.2) is 0 Å². The minimum atomic E-state index is -0.632. The summed E-state index contributed by atoms with van der Waals surface area (Å²) >= 11 is 0. The lowest BCUT2D eigenvalue weighted by atomic mass is 10.1. The van der Waals surface area contributed by atoms with Gasteiger partial charge in [0, 0.05) is 50.0 Å². The molecule has 1 fully saturated rings. The van der Waals surface area contributed by atoms with E-state index in [1.807, 2.05) is 30.3 Å². The highest BCUT2D eigenvalue weighted by Crippen LogP contribution is 2.29. The number of methoxy groups -OCH3 is 2. The van der Waals surface area contributed by atoms with E-state index < -0.39 is 11.9 Å². The molecule has 4 rings (SSSR count). The fourth-order valence-corrected chi connectivity index (χ4v) is 3.99. The van der Waals surface area contributed by atoms with E-state index in [1.165, 1.54) is 14.2 Å². The lowest BCUT2D eigenvalue weighted by molar-refractivity contribution is -0.139. The normalized spacial score (nSPS) is 17.4. The molecule has 0 unspecified atom stereocenters. The Balaban J connectivity index is 1.65. The number of anilines is 1. The van der Waals surface area contributed by atoms with E-state index in [-0.39, 0.29) is 11.3 Å². The predicted molar refractivity (Wildman–Crippen MR) is 126 cm³/mol. The Morgan fingerprint density at radius 3 is 2.45 bits per heavy atom. The number of allylic oxidation sites excluding steroid dienone is 2. The average molecular weight is 449 g/mol.